The first-order valence-electron chi connectivity index (χ1n) is 9.84. The summed E-state index contributed by atoms with van der Waals surface area (Å²) in [6.45, 7) is 10.4. The van der Waals surface area contributed by atoms with Crippen molar-refractivity contribution in [3.8, 4) is 0 Å². The average Bonchev–Trinajstić information content (AvgIpc) is 2.56. The van der Waals surface area contributed by atoms with Crippen LogP contribution in [0.25, 0.3) is 0 Å². The lowest BCUT2D eigenvalue weighted by atomic mass is 9.51. The summed E-state index contributed by atoms with van der Waals surface area (Å²) in [5, 5.41) is 9.85. The van der Waals surface area contributed by atoms with E-state index < -0.39 is 11.4 Å². The van der Waals surface area contributed by atoms with Crippen molar-refractivity contribution >= 4 is 11.9 Å². The second-order valence-electron chi connectivity index (χ2n) is 8.72. The summed E-state index contributed by atoms with van der Waals surface area (Å²) in [6, 6.07) is 0. The van der Waals surface area contributed by atoms with E-state index in [1.807, 2.05) is 13.0 Å². The minimum absolute atomic E-state index is 0.0383. The molecule has 0 aromatic rings. The Balaban J connectivity index is 2.16. The van der Waals surface area contributed by atoms with Crippen LogP contribution in [0.5, 0.6) is 0 Å². The van der Waals surface area contributed by atoms with Crippen molar-refractivity contribution in [2.45, 2.75) is 73.1 Å². The van der Waals surface area contributed by atoms with Gasteiger partial charge in [0.25, 0.3) is 0 Å². The number of allylic oxidation sites excluding steroid dienone is 3. The Hall–Kier alpha value is -1.58. The first kappa shape index (κ1) is 20.7. The molecule has 0 bridgehead atoms. The fraction of sp³-hybridized carbons (Fsp3) is 0.727. The van der Waals surface area contributed by atoms with Gasteiger partial charge in [0.1, 0.15) is 6.61 Å². The van der Waals surface area contributed by atoms with Gasteiger partial charge in [-0.2, -0.15) is 0 Å². The van der Waals surface area contributed by atoms with Crippen molar-refractivity contribution < 1.29 is 19.4 Å². The number of aliphatic carboxylic acids is 1. The van der Waals surface area contributed by atoms with Crippen LogP contribution in [0.3, 0.4) is 0 Å². The van der Waals surface area contributed by atoms with Gasteiger partial charge in [0.15, 0.2) is 0 Å². The Morgan fingerprint density at radius 2 is 2.00 bits per heavy atom. The van der Waals surface area contributed by atoms with Gasteiger partial charge < -0.3 is 9.84 Å². The van der Waals surface area contributed by atoms with Gasteiger partial charge in [0.05, 0.1) is 5.41 Å². The zero-order valence-corrected chi connectivity index (χ0v) is 16.9. The molecule has 26 heavy (non-hydrogen) atoms. The lowest BCUT2D eigenvalue weighted by Crippen LogP contribution is -2.47. The van der Waals surface area contributed by atoms with Gasteiger partial charge >= 0.3 is 11.9 Å². The second-order valence-corrected chi connectivity index (χ2v) is 8.72. The predicted molar refractivity (Wildman–Crippen MR) is 103 cm³/mol. The van der Waals surface area contributed by atoms with Crippen LogP contribution in [0, 0.1) is 22.7 Å². The number of rotatable bonds is 6. The highest BCUT2D eigenvalue weighted by atomic mass is 16.5. The Morgan fingerprint density at radius 1 is 1.31 bits per heavy atom. The number of carbonyl (C=O) groups is 2. The number of hydrogen-bond donors (Lipinski definition) is 1. The summed E-state index contributed by atoms with van der Waals surface area (Å²) in [6.07, 6.45) is 9.92. The van der Waals surface area contributed by atoms with Crippen molar-refractivity contribution in [3.05, 3.63) is 23.3 Å². The van der Waals surface area contributed by atoms with Crippen LogP contribution >= 0.6 is 0 Å². The van der Waals surface area contributed by atoms with Crippen molar-refractivity contribution in [2.24, 2.45) is 22.7 Å². The minimum Gasteiger partial charge on any atom is -0.481 e. The molecule has 0 unspecified atom stereocenters. The van der Waals surface area contributed by atoms with Crippen molar-refractivity contribution in [2.75, 3.05) is 6.61 Å². The maximum Gasteiger partial charge on any atom is 0.309 e. The van der Waals surface area contributed by atoms with Gasteiger partial charge in [-0.05, 0) is 75.7 Å². The van der Waals surface area contributed by atoms with Crippen LogP contribution in [0.2, 0.25) is 0 Å². The molecule has 146 valence electrons. The smallest absolute Gasteiger partial charge is 0.309 e. The highest BCUT2D eigenvalue weighted by Gasteiger charge is 2.52. The molecule has 0 amide bonds. The molecule has 0 aliphatic heterocycles. The molecule has 1 saturated carbocycles. The van der Waals surface area contributed by atoms with Gasteiger partial charge in [-0.15, -0.1) is 0 Å². The number of ether oxygens (including phenoxy) is 1. The number of hydrogen-bond acceptors (Lipinski definition) is 3. The quantitative estimate of drug-likeness (QED) is 0.525. The highest BCUT2D eigenvalue weighted by molar-refractivity contribution is 5.75. The van der Waals surface area contributed by atoms with E-state index in [4.69, 9.17) is 4.74 Å². The first-order chi connectivity index (χ1) is 12.1. The van der Waals surface area contributed by atoms with Crippen molar-refractivity contribution in [3.63, 3.8) is 0 Å². The van der Waals surface area contributed by atoms with Crippen LogP contribution < -0.4 is 0 Å². The van der Waals surface area contributed by atoms with Gasteiger partial charge in [-0.25, -0.2) is 0 Å². The lowest BCUT2D eigenvalue weighted by molar-refractivity contribution is -0.153. The molecule has 0 aromatic carbocycles. The molecule has 4 heteroatoms. The van der Waals surface area contributed by atoms with Crippen LogP contribution in [-0.4, -0.2) is 23.7 Å². The maximum atomic E-state index is 12.0. The van der Waals surface area contributed by atoms with E-state index in [1.54, 1.807) is 0 Å². The van der Waals surface area contributed by atoms with Gasteiger partial charge in [-0.3, -0.25) is 9.59 Å². The third kappa shape index (κ3) is 4.05. The van der Waals surface area contributed by atoms with Gasteiger partial charge in [0.2, 0.25) is 0 Å². The second kappa shape index (κ2) is 7.98. The summed E-state index contributed by atoms with van der Waals surface area (Å²) in [4.78, 5) is 22.9. The zero-order chi connectivity index (χ0) is 19.5. The standard InChI is InChI=1S/C22H34O4/c1-15(11-14-26-17(3)23)10-13-21(4)16(2)8-9-19-18(21)7-6-12-22(19,5)20(24)25/h7,11,16,19H,6,8-10,12-14H2,1-5H3,(H,24,25)/b15-11+/t16-,19+,21+,22-/m0/s1. The monoisotopic (exact) mass is 362 g/mol. The van der Waals surface area contributed by atoms with Crippen LogP contribution in [0.15, 0.2) is 23.3 Å². The molecule has 1 N–H and O–H groups in total. The summed E-state index contributed by atoms with van der Waals surface area (Å²) in [5.74, 6) is -0.213. The number of carboxylic acid groups (broad SMARTS) is 1. The van der Waals surface area contributed by atoms with Crippen molar-refractivity contribution in [1.82, 2.24) is 0 Å². The SMILES string of the molecule is CC(=O)OC/C=C(\C)CC[C@@]1(C)C2=CCC[C@](C)(C(=O)O)[C@@H]2CC[C@@H]1C. The molecule has 0 heterocycles. The molecule has 0 aromatic heterocycles. The van der Waals surface area contributed by atoms with Gasteiger partial charge in [-0.1, -0.05) is 31.1 Å². The molecule has 2 aliphatic carbocycles. The molecule has 2 rings (SSSR count). The fourth-order valence-electron chi connectivity index (χ4n) is 4.82. The number of fused-ring (bicyclic) bond motifs is 1. The molecular formula is C22H34O4. The number of carbonyl (C=O) groups excluding carboxylic acids is 1. The van der Waals surface area contributed by atoms with E-state index >= 15 is 0 Å². The van der Waals surface area contributed by atoms with E-state index in [9.17, 15) is 14.7 Å². The first-order valence-corrected chi connectivity index (χ1v) is 9.84. The molecule has 1 fully saturated rings. The predicted octanol–water partition coefficient (Wildman–Crippen LogP) is 5.14. The Kier molecular flexibility index (Phi) is 6.36. The van der Waals surface area contributed by atoms with Gasteiger partial charge in [0, 0.05) is 6.92 Å². The molecule has 0 spiro atoms. The Bertz CT molecular complexity index is 618. The zero-order valence-electron chi connectivity index (χ0n) is 16.9. The largest absolute Gasteiger partial charge is 0.481 e. The fourth-order valence-corrected chi connectivity index (χ4v) is 4.82. The van der Waals surface area contributed by atoms with E-state index in [1.165, 1.54) is 18.1 Å². The third-order valence-corrected chi connectivity index (χ3v) is 7.05. The molecule has 0 radical (unpaired) electrons. The topological polar surface area (TPSA) is 63.6 Å². The highest BCUT2D eigenvalue weighted by Crippen LogP contribution is 2.58. The normalized spacial score (nSPS) is 34.7. The summed E-state index contributed by atoms with van der Waals surface area (Å²) in [5.41, 5.74) is 2.00. The van der Waals surface area contributed by atoms with E-state index in [0.717, 1.165) is 38.5 Å². The Morgan fingerprint density at radius 3 is 2.62 bits per heavy atom. The average molecular weight is 363 g/mol. The molecule has 4 nitrogen and oxygen atoms in total. The van der Waals surface area contributed by atoms with Crippen molar-refractivity contribution in [1.29, 1.82) is 0 Å². The van der Waals surface area contributed by atoms with Crippen LogP contribution in [-0.2, 0) is 14.3 Å². The van der Waals surface area contributed by atoms with Crippen LogP contribution in [0.1, 0.15) is 73.1 Å². The summed E-state index contributed by atoms with van der Waals surface area (Å²) in [7, 11) is 0. The number of esters is 1. The Labute approximate surface area is 157 Å². The molecule has 2 aliphatic rings. The van der Waals surface area contributed by atoms with E-state index in [0.29, 0.717) is 12.5 Å². The molecular weight excluding hydrogens is 328 g/mol. The molecule has 0 saturated heterocycles. The summed E-state index contributed by atoms with van der Waals surface area (Å²) < 4.78 is 5.00. The van der Waals surface area contributed by atoms with E-state index in [-0.39, 0.29) is 17.3 Å². The van der Waals surface area contributed by atoms with E-state index in [2.05, 4.69) is 26.8 Å². The third-order valence-electron chi connectivity index (χ3n) is 7.05. The summed E-state index contributed by atoms with van der Waals surface area (Å²) >= 11 is 0. The maximum absolute atomic E-state index is 12.0. The molecule has 4 atom stereocenters. The number of carboxylic acids is 1. The minimum atomic E-state index is -0.650. The van der Waals surface area contributed by atoms with Crippen LogP contribution in [0.4, 0.5) is 0 Å². The lowest BCUT2D eigenvalue weighted by Gasteiger charge is -2.52.